The Kier molecular flexibility index (Phi) is 4.44. The number of hydrogen-bond donors (Lipinski definition) is 4. The van der Waals surface area contributed by atoms with Gasteiger partial charge in [0, 0.05) is 5.56 Å². The zero-order valence-electron chi connectivity index (χ0n) is 11.6. The van der Waals surface area contributed by atoms with Crippen molar-refractivity contribution in [1.29, 1.82) is 0 Å². The van der Waals surface area contributed by atoms with Crippen LogP contribution in [0.4, 0.5) is 0 Å². The van der Waals surface area contributed by atoms with E-state index in [1.54, 1.807) is 24.3 Å². The number of ether oxygens (including phenoxy) is 2. The maximum Gasteiger partial charge on any atom is 0.256 e. The molecule has 2 unspecified atom stereocenters. The van der Waals surface area contributed by atoms with Crippen molar-refractivity contribution in [3.05, 3.63) is 35.9 Å². The van der Waals surface area contributed by atoms with Crippen LogP contribution in [0.15, 0.2) is 30.3 Å². The summed E-state index contributed by atoms with van der Waals surface area (Å²) in [6, 6.07) is 8.91. The first-order chi connectivity index (χ1) is 10.6. The first-order valence-electron chi connectivity index (χ1n) is 6.92. The minimum absolute atomic E-state index is 0.0754. The van der Waals surface area contributed by atoms with Crippen LogP contribution < -0.4 is 0 Å². The van der Waals surface area contributed by atoms with Gasteiger partial charge in [-0.3, -0.25) is 0 Å². The Bertz CT molecular complexity index is 489. The van der Waals surface area contributed by atoms with E-state index in [0.29, 0.717) is 5.56 Å². The van der Waals surface area contributed by atoms with Crippen molar-refractivity contribution in [2.24, 2.45) is 0 Å². The summed E-state index contributed by atoms with van der Waals surface area (Å²) < 4.78 is 11.0. The first-order valence-corrected chi connectivity index (χ1v) is 6.92. The molecule has 2 aliphatic rings. The van der Waals surface area contributed by atoms with Crippen LogP contribution in [0.5, 0.6) is 0 Å². The second kappa shape index (κ2) is 6.19. The van der Waals surface area contributed by atoms with Gasteiger partial charge in [-0.2, -0.15) is 4.89 Å². The molecule has 3 rings (SSSR count). The Balaban J connectivity index is 1.79. The summed E-state index contributed by atoms with van der Waals surface area (Å²) in [4.78, 5) is 9.81. The summed E-state index contributed by atoms with van der Waals surface area (Å²) in [7, 11) is 0. The van der Waals surface area contributed by atoms with E-state index in [1.165, 1.54) is 0 Å². The number of aliphatic hydroxyl groups is 4. The molecule has 0 bridgehead atoms. The van der Waals surface area contributed by atoms with E-state index in [2.05, 4.69) is 0 Å². The molecule has 1 aromatic carbocycles. The van der Waals surface area contributed by atoms with E-state index in [-0.39, 0.29) is 6.61 Å². The molecule has 8 nitrogen and oxygen atoms in total. The number of hydrogen-bond acceptors (Lipinski definition) is 8. The minimum Gasteiger partial charge on any atom is -0.394 e. The fourth-order valence-corrected chi connectivity index (χ4v) is 2.46. The lowest BCUT2D eigenvalue weighted by atomic mass is 9.99. The van der Waals surface area contributed by atoms with Crippen LogP contribution in [0.2, 0.25) is 0 Å². The van der Waals surface area contributed by atoms with E-state index in [0.717, 1.165) is 0 Å². The van der Waals surface area contributed by atoms with Crippen molar-refractivity contribution in [2.75, 3.05) is 13.2 Å². The molecule has 4 N–H and O–H groups in total. The minimum atomic E-state index is -1.51. The van der Waals surface area contributed by atoms with Crippen molar-refractivity contribution in [3.8, 4) is 0 Å². The van der Waals surface area contributed by atoms with Crippen LogP contribution in [-0.4, -0.2) is 64.3 Å². The van der Waals surface area contributed by atoms with Gasteiger partial charge in [0.15, 0.2) is 6.29 Å². The predicted octanol–water partition coefficient (Wildman–Crippen LogP) is -1.38. The molecule has 2 saturated heterocycles. The lowest BCUT2D eigenvalue weighted by molar-refractivity contribution is -0.567. The van der Waals surface area contributed by atoms with Crippen LogP contribution in [0.25, 0.3) is 0 Å². The van der Waals surface area contributed by atoms with Gasteiger partial charge in [0.1, 0.15) is 31.0 Å². The summed E-state index contributed by atoms with van der Waals surface area (Å²) in [5, 5.41) is 38.7. The molecule has 0 radical (unpaired) electrons. The second-order valence-corrected chi connectivity index (χ2v) is 5.28. The molecule has 0 saturated carbocycles. The fraction of sp³-hybridized carbons (Fsp3) is 0.571. The highest BCUT2D eigenvalue weighted by molar-refractivity contribution is 5.21. The summed E-state index contributed by atoms with van der Waals surface area (Å²) in [6.45, 7) is -0.452. The summed E-state index contributed by atoms with van der Waals surface area (Å²) >= 11 is 0. The molecule has 0 amide bonds. The van der Waals surface area contributed by atoms with Crippen molar-refractivity contribution < 1.29 is 39.7 Å². The van der Waals surface area contributed by atoms with E-state index in [1.807, 2.05) is 6.07 Å². The quantitative estimate of drug-likeness (QED) is 0.502. The smallest absolute Gasteiger partial charge is 0.256 e. The van der Waals surface area contributed by atoms with E-state index in [9.17, 15) is 20.4 Å². The number of aliphatic hydroxyl groups excluding tert-OH is 4. The van der Waals surface area contributed by atoms with Crippen molar-refractivity contribution >= 4 is 0 Å². The zero-order valence-corrected chi connectivity index (χ0v) is 11.6. The highest BCUT2D eigenvalue weighted by Gasteiger charge is 2.52. The van der Waals surface area contributed by atoms with Crippen LogP contribution in [0, 0.1) is 0 Å². The number of benzene rings is 1. The van der Waals surface area contributed by atoms with E-state index >= 15 is 0 Å². The number of rotatable bonds is 4. The van der Waals surface area contributed by atoms with Gasteiger partial charge in [-0.15, -0.1) is 0 Å². The average molecular weight is 314 g/mol. The molecule has 0 spiro atoms. The fourth-order valence-electron chi connectivity index (χ4n) is 2.46. The van der Waals surface area contributed by atoms with Crippen LogP contribution >= 0.6 is 0 Å². The summed E-state index contributed by atoms with van der Waals surface area (Å²) in [6.07, 6.45) is -6.78. The predicted molar refractivity (Wildman–Crippen MR) is 70.0 cm³/mol. The topological polar surface area (TPSA) is 118 Å². The molecule has 2 heterocycles. The monoisotopic (exact) mass is 314 g/mol. The molecule has 2 aliphatic heterocycles. The Labute approximate surface area is 126 Å². The maximum absolute atomic E-state index is 10.0. The third-order valence-electron chi connectivity index (χ3n) is 3.81. The SMILES string of the molecule is OC[C@H]1OC(OC2(c3ccccc3)COO2)[C@H](O)[C@@H](O)[C@H]1O. The molecule has 0 aliphatic carbocycles. The highest BCUT2D eigenvalue weighted by Crippen LogP contribution is 2.38. The summed E-state index contributed by atoms with van der Waals surface area (Å²) in [5.41, 5.74) is 0.651. The lowest BCUT2D eigenvalue weighted by Crippen LogP contribution is -2.62. The molecule has 8 heteroatoms. The first kappa shape index (κ1) is 15.8. The third-order valence-corrected chi connectivity index (χ3v) is 3.81. The van der Waals surface area contributed by atoms with Gasteiger partial charge in [0.05, 0.1) is 6.61 Å². The van der Waals surface area contributed by atoms with Gasteiger partial charge in [-0.05, 0) is 0 Å². The molecular formula is C14H18O8. The van der Waals surface area contributed by atoms with Gasteiger partial charge in [0.2, 0.25) is 0 Å². The Morgan fingerprint density at radius 1 is 1.09 bits per heavy atom. The van der Waals surface area contributed by atoms with Gasteiger partial charge in [-0.1, -0.05) is 30.3 Å². The molecule has 122 valence electrons. The lowest BCUT2D eigenvalue weighted by Gasteiger charge is -2.46. The van der Waals surface area contributed by atoms with Gasteiger partial charge >= 0.3 is 0 Å². The van der Waals surface area contributed by atoms with Crippen LogP contribution in [0.3, 0.4) is 0 Å². The Hall–Kier alpha value is -1.10. The second-order valence-electron chi connectivity index (χ2n) is 5.28. The van der Waals surface area contributed by atoms with E-state index in [4.69, 9.17) is 19.2 Å². The van der Waals surface area contributed by atoms with Gasteiger partial charge in [0.25, 0.3) is 5.79 Å². The Morgan fingerprint density at radius 3 is 2.32 bits per heavy atom. The largest absolute Gasteiger partial charge is 0.394 e. The van der Waals surface area contributed by atoms with Crippen LogP contribution in [0.1, 0.15) is 5.56 Å². The highest BCUT2D eigenvalue weighted by atomic mass is 17.3. The molecule has 1 aromatic rings. The van der Waals surface area contributed by atoms with E-state index < -0.39 is 43.1 Å². The molecule has 0 aromatic heterocycles. The standard InChI is InChI=1S/C14H18O8/c15-6-9-10(16)11(17)12(18)13(20-9)21-14(7-19-22-14)8-4-2-1-3-5-8/h1-5,9-13,15-18H,6-7H2/t9-,10+,11+,12-,13?,14?/m1/s1. The maximum atomic E-state index is 10.0. The van der Waals surface area contributed by atoms with Gasteiger partial charge in [-0.25, -0.2) is 4.89 Å². The third kappa shape index (κ3) is 2.64. The zero-order chi connectivity index (χ0) is 15.7. The van der Waals surface area contributed by atoms with Gasteiger partial charge < -0.3 is 29.9 Å². The molecule has 6 atom stereocenters. The van der Waals surface area contributed by atoms with Crippen molar-refractivity contribution in [3.63, 3.8) is 0 Å². The average Bonchev–Trinajstić information content (AvgIpc) is 2.51. The van der Waals surface area contributed by atoms with Crippen molar-refractivity contribution in [1.82, 2.24) is 0 Å². The molecule has 22 heavy (non-hydrogen) atoms. The van der Waals surface area contributed by atoms with Crippen LogP contribution in [-0.2, 0) is 25.0 Å². The molecular weight excluding hydrogens is 296 g/mol. The normalized spacial score (nSPS) is 41.9. The molecule has 2 fully saturated rings. The Morgan fingerprint density at radius 2 is 1.77 bits per heavy atom. The van der Waals surface area contributed by atoms with Crippen molar-refractivity contribution in [2.45, 2.75) is 36.5 Å². The summed E-state index contributed by atoms with van der Waals surface area (Å²) in [5.74, 6) is -1.27.